The molecular formula is C22H29FN4O3. The van der Waals surface area contributed by atoms with Crippen LogP contribution in [0.1, 0.15) is 38.2 Å². The lowest BCUT2D eigenvalue weighted by atomic mass is 9.87. The SMILES string of the molecule is CCN1CCC2(CC1)NC(=O)N([C@@H]1CCCN(C(=O)Cc3cccc(F)c3)C1)C2=O. The van der Waals surface area contributed by atoms with Crippen LogP contribution in [-0.4, -0.2) is 76.8 Å². The van der Waals surface area contributed by atoms with E-state index in [-0.39, 0.29) is 36.1 Å². The Morgan fingerprint density at radius 3 is 2.70 bits per heavy atom. The topological polar surface area (TPSA) is 73.0 Å². The van der Waals surface area contributed by atoms with Gasteiger partial charge in [-0.15, -0.1) is 0 Å². The van der Waals surface area contributed by atoms with Crippen LogP contribution in [0, 0.1) is 5.82 Å². The number of hydrogen-bond acceptors (Lipinski definition) is 4. The second-order valence-corrected chi connectivity index (χ2v) is 8.56. The smallest absolute Gasteiger partial charge is 0.325 e. The number of carbonyl (C=O) groups is 3. The molecule has 8 heteroatoms. The number of benzene rings is 1. The van der Waals surface area contributed by atoms with Crippen LogP contribution in [0.3, 0.4) is 0 Å². The molecule has 0 saturated carbocycles. The Kier molecular flexibility index (Phi) is 5.77. The van der Waals surface area contributed by atoms with Crippen molar-refractivity contribution in [3.8, 4) is 0 Å². The maximum atomic E-state index is 13.4. The molecule has 1 N–H and O–H groups in total. The first-order chi connectivity index (χ1) is 14.4. The summed E-state index contributed by atoms with van der Waals surface area (Å²) in [5.74, 6) is -0.619. The van der Waals surface area contributed by atoms with Gasteiger partial charge in [0.1, 0.15) is 11.4 Å². The number of amides is 4. The number of nitrogens with zero attached hydrogens (tertiary/aromatic N) is 3. The van der Waals surface area contributed by atoms with Gasteiger partial charge in [-0.1, -0.05) is 19.1 Å². The minimum Gasteiger partial charge on any atom is -0.340 e. The van der Waals surface area contributed by atoms with Crippen LogP contribution in [0.5, 0.6) is 0 Å². The van der Waals surface area contributed by atoms with E-state index in [2.05, 4.69) is 17.1 Å². The molecule has 4 rings (SSSR count). The van der Waals surface area contributed by atoms with Gasteiger partial charge in [0.05, 0.1) is 12.5 Å². The molecular weight excluding hydrogens is 387 g/mol. The molecule has 3 aliphatic rings. The normalized spacial score (nSPS) is 24.4. The van der Waals surface area contributed by atoms with Crippen molar-refractivity contribution in [2.45, 2.75) is 50.6 Å². The third-order valence-electron chi connectivity index (χ3n) is 6.71. The van der Waals surface area contributed by atoms with Gasteiger partial charge in [-0.3, -0.25) is 14.5 Å². The first-order valence-electron chi connectivity index (χ1n) is 10.8. The zero-order chi connectivity index (χ0) is 21.3. The molecule has 3 aliphatic heterocycles. The molecule has 3 heterocycles. The monoisotopic (exact) mass is 416 g/mol. The van der Waals surface area contributed by atoms with Gasteiger partial charge in [-0.05, 0) is 49.9 Å². The zero-order valence-electron chi connectivity index (χ0n) is 17.4. The first kappa shape index (κ1) is 20.8. The van der Waals surface area contributed by atoms with Crippen molar-refractivity contribution in [2.24, 2.45) is 0 Å². The minimum atomic E-state index is -0.795. The molecule has 1 atom stereocenters. The highest BCUT2D eigenvalue weighted by atomic mass is 19.1. The second kappa shape index (κ2) is 8.34. The molecule has 3 saturated heterocycles. The first-order valence-corrected chi connectivity index (χ1v) is 10.8. The van der Waals surface area contributed by atoms with Gasteiger partial charge in [0.15, 0.2) is 0 Å². The second-order valence-electron chi connectivity index (χ2n) is 8.56. The summed E-state index contributed by atoms with van der Waals surface area (Å²) in [5, 5.41) is 2.97. The highest BCUT2D eigenvalue weighted by molar-refractivity contribution is 6.07. The highest BCUT2D eigenvalue weighted by Gasteiger charge is 2.54. The van der Waals surface area contributed by atoms with Crippen molar-refractivity contribution < 1.29 is 18.8 Å². The molecule has 0 aromatic heterocycles. The van der Waals surface area contributed by atoms with Crippen molar-refractivity contribution in [3.05, 3.63) is 35.6 Å². The van der Waals surface area contributed by atoms with Crippen LogP contribution >= 0.6 is 0 Å². The predicted octanol–water partition coefficient (Wildman–Crippen LogP) is 1.77. The van der Waals surface area contributed by atoms with Gasteiger partial charge in [0.2, 0.25) is 5.91 Å². The van der Waals surface area contributed by atoms with Gasteiger partial charge in [0, 0.05) is 26.2 Å². The Balaban J connectivity index is 1.42. The van der Waals surface area contributed by atoms with Crippen molar-refractivity contribution >= 4 is 17.8 Å². The number of halogens is 1. The van der Waals surface area contributed by atoms with Gasteiger partial charge in [-0.2, -0.15) is 0 Å². The Bertz CT molecular complexity index is 837. The van der Waals surface area contributed by atoms with Crippen molar-refractivity contribution in [1.29, 1.82) is 0 Å². The number of likely N-dealkylation sites (tertiary alicyclic amines) is 2. The Hall–Kier alpha value is -2.48. The summed E-state index contributed by atoms with van der Waals surface area (Å²) in [6.07, 6.45) is 2.78. The molecule has 0 unspecified atom stereocenters. The zero-order valence-corrected chi connectivity index (χ0v) is 17.4. The largest absolute Gasteiger partial charge is 0.340 e. The molecule has 1 spiro atoms. The van der Waals surface area contributed by atoms with Crippen LogP contribution in [-0.2, 0) is 16.0 Å². The van der Waals surface area contributed by atoms with Crippen LogP contribution in [0.2, 0.25) is 0 Å². The van der Waals surface area contributed by atoms with Crippen LogP contribution < -0.4 is 5.32 Å². The highest BCUT2D eigenvalue weighted by Crippen LogP contribution is 2.32. The van der Waals surface area contributed by atoms with Gasteiger partial charge in [-0.25, -0.2) is 9.18 Å². The lowest BCUT2D eigenvalue weighted by Crippen LogP contribution is -2.56. The van der Waals surface area contributed by atoms with E-state index < -0.39 is 5.54 Å². The van der Waals surface area contributed by atoms with Gasteiger partial charge >= 0.3 is 6.03 Å². The molecule has 0 bridgehead atoms. The fourth-order valence-electron chi connectivity index (χ4n) is 4.89. The van der Waals surface area contributed by atoms with E-state index in [1.807, 2.05) is 0 Å². The Morgan fingerprint density at radius 1 is 1.23 bits per heavy atom. The van der Waals surface area contributed by atoms with Crippen LogP contribution in [0.4, 0.5) is 9.18 Å². The fourth-order valence-corrected chi connectivity index (χ4v) is 4.89. The molecule has 1 aromatic carbocycles. The maximum absolute atomic E-state index is 13.4. The van der Waals surface area contributed by atoms with Gasteiger partial charge < -0.3 is 15.1 Å². The molecule has 162 valence electrons. The van der Waals surface area contributed by atoms with Gasteiger partial charge in [0.25, 0.3) is 5.91 Å². The van der Waals surface area contributed by atoms with E-state index in [4.69, 9.17) is 0 Å². The summed E-state index contributed by atoms with van der Waals surface area (Å²) >= 11 is 0. The quantitative estimate of drug-likeness (QED) is 0.760. The third kappa shape index (κ3) is 3.93. The van der Waals surface area contributed by atoms with Crippen LogP contribution in [0.15, 0.2) is 24.3 Å². The summed E-state index contributed by atoms with van der Waals surface area (Å²) in [7, 11) is 0. The summed E-state index contributed by atoms with van der Waals surface area (Å²) in [6, 6.07) is 5.38. The molecule has 1 aromatic rings. The summed E-state index contributed by atoms with van der Waals surface area (Å²) < 4.78 is 13.4. The minimum absolute atomic E-state index is 0.108. The van der Waals surface area contributed by atoms with E-state index in [1.54, 1.807) is 17.0 Å². The van der Waals surface area contributed by atoms with E-state index in [0.29, 0.717) is 37.9 Å². The molecule has 0 aliphatic carbocycles. The number of piperidine rings is 2. The molecule has 0 radical (unpaired) electrons. The lowest BCUT2D eigenvalue weighted by Gasteiger charge is -2.39. The van der Waals surface area contributed by atoms with Crippen LogP contribution in [0.25, 0.3) is 0 Å². The van der Waals surface area contributed by atoms with E-state index in [1.165, 1.54) is 17.0 Å². The average molecular weight is 416 g/mol. The molecule has 30 heavy (non-hydrogen) atoms. The Labute approximate surface area is 176 Å². The predicted molar refractivity (Wildman–Crippen MR) is 109 cm³/mol. The lowest BCUT2D eigenvalue weighted by molar-refractivity contribution is -0.138. The molecule has 7 nitrogen and oxygen atoms in total. The van der Waals surface area contributed by atoms with E-state index in [0.717, 1.165) is 26.1 Å². The number of rotatable bonds is 4. The molecule has 3 fully saturated rings. The van der Waals surface area contributed by atoms with E-state index in [9.17, 15) is 18.8 Å². The maximum Gasteiger partial charge on any atom is 0.325 e. The standard InChI is InChI=1S/C22H29FN4O3/c1-2-25-11-8-22(9-12-25)20(29)27(21(30)24-22)18-7-4-10-26(15-18)19(28)14-16-5-3-6-17(23)13-16/h3,5-6,13,18H,2,4,7-12,14-15H2,1H3,(H,24,30)/t18-/m1/s1. The van der Waals surface area contributed by atoms with Crippen molar-refractivity contribution in [3.63, 3.8) is 0 Å². The third-order valence-corrected chi connectivity index (χ3v) is 6.71. The summed E-state index contributed by atoms with van der Waals surface area (Å²) in [6.45, 7) is 5.54. The number of carbonyl (C=O) groups excluding carboxylic acids is 3. The number of imide groups is 1. The van der Waals surface area contributed by atoms with Crippen molar-refractivity contribution in [2.75, 3.05) is 32.7 Å². The Morgan fingerprint density at radius 2 is 2.00 bits per heavy atom. The number of hydrogen-bond donors (Lipinski definition) is 1. The fraction of sp³-hybridized carbons (Fsp3) is 0.591. The summed E-state index contributed by atoms with van der Waals surface area (Å²) in [4.78, 5) is 44.1. The molecule has 4 amide bonds. The summed E-state index contributed by atoms with van der Waals surface area (Å²) in [5.41, 5.74) is -0.171. The average Bonchev–Trinajstić information content (AvgIpc) is 2.98. The van der Waals surface area contributed by atoms with Crippen molar-refractivity contribution in [1.82, 2.24) is 20.0 Å². The number of nitrogens with one attached hydrogen (secondary N) is 1. The van der Waals surface area contributed by atoms with E-state index >= 15 is 0 Å². The number of urea groups is 1.